The number of carbonyl (C=O) groups excluding carboxylic acids is 1. The molecule has 70 valence electrons. The fourth-order valence-electron chi connectivity index (χ4n) is 1.10. The first-order valence-corrected chi connectivity index (χ1v) is 4.01. The van der Waals surface area contributed by atoms with Crippen LogP contribution in [0, 0.1) is 0 Å². The van der Waals surface area contributed by atoms with Crippen LogP contribution in [0.2, 0.25) is 0 Å². The van der Waals surface area contributed by atoms with Crippen molar-refractivity contribution in [2.75, 3.05) is 0 Å². The Balaban J connectivity index is 2.87. The number of urea groups is 1. The first-order chi connectivity index (χ1) is 6.02. The van der Waals surface area contributed by atoms with E-state index in [2.05, 4.69) is 10.3 Å². The van der Waals surface area contributed by atoms with Crippen LogP contribution in [0.5, 0.6) is 0 Å². The molecule has 0 aliphatic heterocycles. The summed E-state index contributed by atoms with van der Waals surface area (Å²) in [5.41, 5.74) is 5.30. The van der Waals surface area contributed by atoms with Crippen LogP contribution in [0.3, 0.4) is 0 Å². The van der Waals surface area contributed by atoms with Crippen LogP contribution in [0.4, 0.5) is 4.79 Å². The van der Waals surface area contributed by atoms with Crippen LogP contribution in [-0.2, 0) is 5.54 Å². The predicted octanol–water partition coefficient (Wildman–Crippen LogP) is 0.985. The molecule has 0 aliphatic carbocycles. The largest absolute Gasteiger partial charge is 0.352 e. The van der Waals surface area contributed by atoms with E-state index in [1.54, 1.807) is 6.20 Å². The number of pyridine rings is 1. The molecule has 4 nitrogen and oxygen atoms in total. The van der Waals surface area contributed by atoms with Crippen LogP contribution >= 0.6 is 0 Å². The molecule has 1 aromatic heterocycles. The maximum absolute atomic E-state index is 10.7. The van der Waals surface area contributed by atoms with E-state index in [4.69, 9.17) is 5.73 Å². The van der Waals surface area contributed by atoms with Gasteiger partial charge in [-0.05, 0) is 26.0 Å². The van der Waals surface area contributed by atoms with Gasteiger partial charge in [-0.15, -0.1) is 0 Å². The molecule has 1 heterocycles. The van der Waals surface area contributed by atoms with Gasteiger partial charge in [0.25, 0.3) is 0 Å². The zero-order chi connectivity index (χ0) is 9.90. The van der Waals surface area contributed by atoms with Crippen LogP contribution in [0.15, 0.2) is 24.4 Å². The number of hydrogen-bond donors (Lipinski definition) is 2. The smallest absolute Gasteiger partial charge is 0.312 e. The first kappa shape index (κ1) is 9.51. The number of hydrogen-bond acceptors (Lipinski definition) is 2. The van der Waals surface area contributed by atoms with Gasteiger partial charge >= 0.3 is 6.03 Å². The highest BCUT2D eigenvalue weighted by Crippen LogP contribution is 2.15. The third-order valence-electron chi connectivity index (χ3n) is 1.74. The zero-order valence-electron chi connectivity index (χ0n) is 7.74. The van der Waals surface area contributed by atoms with E-state index in [-0.39, 0.29) is 0 Å². The lowest BCUT2D eigenvalue weighted by Crippen LogP contribution is -2.44. The highest BCUT2D eigenvalue weighted by Gasteiger charge is 2.22. The van der Waals surface area contributed by atoms with Crippen molar-refractivity contribution in [3.63, 3.8) is 0 Å². The highest BCUT2D eigenvalue weighted by molar-refractivity contribution is 5.72. The molecule has 1 rings (SSSR count). The number of nitrogens with two attached hydrogens (primary N) is 1. The van der Waals surface area contributed by atoms with Crippen molar-refractivity contribution in [1.82, 2.24) is 10.3 Å². The van der Waals surface area contributed by atoms with Gasteiger partial charge in [0.2, 0.25) is 0 Å². The summed E-state index contributed by atoms with van der Waals surface area (Å²) < 4.78 is 0. The lowest BCUT2D eigenvalue weighted by molar-refractivity contribution is 0.238. The van der Waals surface area contributed by atoms with E-state index in [9.17, 15) is 4.79 Å². The van der Waals surface area contributed by atoms with Gasteiger partial charge in [-0.3, -0.25) is 4.98 Å². The van der Waals surface area contributed by atoms with Gasteiger partial charge in [-0.2, -0.15) is 0 Å². The fourth-order valence-corrected chi connectivity index (χ4v) is 1.10. The SMILES string of the molecule is CC(C)(NC(N)=O)c1ccccn1. The summed E-state index contributed by atoms with van der Waals surface area (Å²) >= 11 is 0. The average molecular weight is 179 g/mol. The zero-order valence-corrected chi connectivity index (χ0v) is 7.74. The Kier molecular flexibility index (Phi) is 2.51. The van der Waals surface area contributed by atoms with Gasteiger partial charge < -0.3 is 11.1 Å². The highest BCUT2D eigenvalue weighted by atomic mass is 16.2. The van der Waals surface area contributed by atoms with Gasteiger partial charge in [0, 0.05) is 6.20 Å². The van der Waals surface area contributed by atoms with E-state index in [1.807, 2.05) is 32.0 Å². The van der Waals surface area contributed by atoms with Gasteiger partial charge in [0.15, 0.2) is 0 Å². The molecule has 2 amide bonds. The van der Waals surface area contributed by atoms with E-state index in [0.717, 1.165) is 5.69 Å². The van der Waals surface area contributed by atoms with Crippen molar-refractivity contribution in [2.45, 2.75) is 19.4 Å². The molecule has 0 radical (unpaired) electrons. The second-order valence-electron chi connectivity index (χ2n) is 3.33. The van der Waals surface area contributed by atoms with Crippen LogP contribution in [0.1, 0.15) is 19.5 Å². The van der Waals surface area contributed by atoms with Gasteiger partial charge in [0.1, 0.15) is 0 Å². The molecule has 3 N–H and O–H groups in total. The minimum absolute atomic E-state index is 0.521. The normalized spacial score (nSPS) is 10.9. The molecular formula is C9H13N3O. The summed E-state index contributed by atoms with van der Waals surface area (Å²) in [5, 5.41) is 2.61. The average Bonchev–Trinajstić information content (AvgIpc) is 2.04. The Morgan fingerprint density at radius 1 is 1.54 bits per heavy atom. The summed E-state index contributed by atoms with van der Waals surface area (Å²) in [6.45, 7) is 3.69. The monoisotopic (exact) mass is 179 g/mol. The molecule has 0 fully saturated rings. The molecule has 13 heavy (non-hydrogen) atoms. The molecule has 0 bridgehead atoms. The predicted molar refractivity (Wildman–Crippen MR) is 50.0 cm³/mol. The first-order valence-electron chi connectivity index (χ1n) is 4.01. The minimum atomic E-state index is -0.546. The lowest BCUT2D eigenvalue weighted by atomic mass is 10.0. The number of nitrogens with zero attached hydrogens (tertiary/aromatic N) is 1. The maximum atomic E-state index is 10.7. The standard InChI is InChI=1S/C9H13N3O/c1-9(2,12-8(10)13)7-5-3-4-6-11-7/h3-6H,1-2H3,(H3,10,12,13). The Morgan fingerprint density at radius 3 is 2.69 bits per heavy atom. The van der Waals surface area contributed by atoms with Crippen molar-refractivity contribution >= 4 is 6.03 Å². The van der Waals surface area contributed by atoms with E-state index < -0.39 is 11.6 Å². The van der Waals surface area contributed by atoms with E-state index in [0.29, 0.717) is 0 Å². The quantitative estimate of drug-likeness (QED) is 0.710. The summed E-state index contributed by atoms with van der Waals surface area (Å²) in [7, 11) is 0. The van der Waals surface area contributed by atoms with Crippen molar-refractivity contribution in [3.05, 3.63) is 30.1 Å². The molecule has 0 aliphatic rings. The summed E-state index contributed by atoms with van der Waals surface area (Å²) in [4.78, 5) is 14.8. The number of aromatic nitrogens is 1. The molecule has 1 aromatic rings. The molecule has 0 spiro atoms. The molecule has 4 heteroatoms. The van der Waals surface area contributed by atoms with Crippen molar-refractivity contribution < 1.29 is 4.79 Å². The van der Waals surface area contributed by atoms with E-state index >= 15 is 0 Å². The summed E-state index contributed by atoms with van der Waals surface area (Å²) in [6, 6.07) is 4.99. The van der Waals surface area contributed by atoms with Gasteiger partial charge in [-0.25, -0.2) is 4.79 Å². The molecular weight excluding hydrogens is 166 g/mol. The van der Waals surface area contributed by atoms with Gasteiger partial charge in [0.05, 0.1) is 11.2 Å². The van der Waals surface area contributed by atoms with Crippen molar-refractivity contribution in [3.8, 4) is 0 Å². The maximum Gasteiger partial charge on any atom is 0.312 e. The van der Waals surface area contributed by atoms with E-state index in [1.165, 1.54) is 0 Å². The third-order valence-corrected chi connectivity index (χ3v) is 1.74. The summed E-state index contributed by atoms with van der Waals surface area (Å²) in [6.07, 6.45) is 1.68. The minimum Gasteiger partial charge on any atom is -0.352 e. The Hall–Kier alpha value is -1.58. The number of amides is 2. The Morgan fingerprint density at radius 2 is 2.23 bits per heavy atom. The molecule has 0 saturated carbocycles. The van der Waals surface area contributed by atoms with Crippen molar-refractivity contribution in [2.24, 2.45) is 5.73 Å². The number of rotatable bonds is 2. The molecule has 0 aromatic carbocycles. The third kappa shape index (κ3) is 2.43. The van der Waals surface area contributed by atoms with Crippen LogP contribution in [-0.4, -0.2) is 11.0 Å². The molecule has 0 atom stereocenters. The molecule has 0 saturated heterocycles. The number of primary amides is 1. The van der Waals surface area contributed by atoms with Crippen LogP contribution in [0.25, 0.3) is 0 Å². The van der Waals surface area contributed by atoms with Crippen molar-refractivity contribution in [1.29, 1.82) is 0 Å². The second kappa shape index (κ2) is 3.43. The topological polar surface area (TPSA) is 68.0 Å². The Bertz CT molecular complexity index is 295. The Labute approximate surface area is 77.2 Å². The second-order valence-corrected chi connectivity index (χ2v) is 3.33. The van der Waals surface area contributed by atoms with Crippen LogP contribution < -0.4 is 11.1 Å². The lowest BCUT2D eigenvalue weighted by Gasteiger charge is -2.24. The summed E-state index contributed by atoms with van der Waals surface area (Å²) in [5.74, 6) is 0. The molecule has 0 unspecified atom stereocenters. The number of carbonyl (C=O) groups is 1. The fraction of sp³-hybridized carbons (Fsp3) is 0.333. The number of nitrogens with one attached hydrogen (secondary N) is 1. The van der Waals surface area contributed by atoms with Gasteiger partial charge in [-0.1, -0.05) is 6.07 Å².